The lowest BCUT2D eigenvalue weighted by molar-refractivity contribution is 0.158. The molecule has 0 unspecified atom stereocenters. The summed E-state index contributed by atoms with van der Waals surface area (Å²) in [5.41, 5.74) is 1.47. The fraction of sp³-hybridized carbons (Fsp3) is 0.545. The van der Waals surface area contributed by atoms with Gasteiger partial charge in [-0.25, -0.2) is 4.98 Å². The predicted molar refractivity (Wildman–Crippen MR) is 70.8 cm³/mol. The van der Waals surface area contributed by atoms with Crippen LogP contribution in [0.5, 0.6) is 0 Å². The summed E-state index contributed by atoms with van der Waals surface area (Å²) in [4.78, 5) is 15.9. The van der Waals surface area contributed by atoms with E-state index in [0.717, 1.165) is 17.9 Å². The largest absolute Gasteiger partial charge is 0.380 e. The van der Waals surface area contributed by atoms with Crippen LogP contribution in [0.15, 0.2) is 6.33 Å². The first-order chi connectivity index (χ1) is 8.85. The monoisotopic (exact) mass is 250 g/mol. The zero-order valence-electron chi connectivity index (χ0n) is 10.7. The smallest absolute Gasteiger partial charge is 0.226 e. The molecule has 2 aromatic heterocycles. The van der Waals surface area contributed by atoms with Crippen molar-refractivity contribution in [3.63, 3.8) is 0 Å². The third-order valence-corrected chi connectivity index (χ3v) is 2.36. The van der Waals surface area contributed by atoms with Crippen LogP contribution >= 0.6 is 0 Å². The number of ether oxygens (including phenoxy) is 1. The van der Waals surface area contributed by atoms with E-state index in [1.807, 2.05) is 13.8 Å². The number of rotatable bonds is 7. The molecule has 0 aliphatic heterocycles. The third kappa shape index (κ3) is 2.86. The molecule has 0 aromatic carbocycles. The molecule has 0 radical (unpaired) electrons. The molecule has 0 saturated carbocycles. The molecule has 2 heterocycles. The number of fused-ring (bicyclic) bond motifs is 1. The predicted octanol–water partition coefficient (Wildman–Crippen LogP) is 1.23. The lowest BCUT2D eigenvalue weighted by Crippen LogP contribution is -2.12. The van der Waals surface area contributed by atoms with E-state index in [9.17, 15) is 0 Å². The lowest BCUT2D eigenvalue weighted by atomic mass is 10.4. The Bertz CT molecular complexity index is 497. The van der Waals surface area contributed by atoms with Crippen molar-refractivity contribution in [3.05, 3.63) is 6.33 Å². The number of anilines is 2. The van der Waals surface area contributed by atoms with Gasteiger partial charge in [0.1, 0.15) is 5.52 Å². The molecular formula is C11H18N6O. The maximum Gasteiger partial charge on any atom is 0.226 e. The van der Waals surface area contributed by atoms with Crippen LogP contribution in [0.4, 0.5) is 11.8 Å². The summed E-state index contributed by atoms with van der Waals surface area (Å²) >= 11 is 0. The molecule has 2 rings (SSSR count). The Kier molecular flexibility index (Phi) is 4.30. The molecule has 98 valence electrons. The van der Waals surface area contributed by atoms with Gasteiger partial charge in [-0.2, -0.15) is 9.97 Å². The summed E-state index contributed by atoms with van der Waals surface area (Å²) in [6.07, 6.45) is 1.61. The Labute approximate surface area is 105 Å². The highest BCUT2D eigenvalue weighted by molar-refractivity contribution is 5.83. The molecule has 3 N–H and O–H groups in total. The number of imidazole rings is 1. The fourth-order valence-corrected chi connectivity index (χ4v) is 1.58. The fourth-order valence-electron chi connectivity index (χ4n) is 1.58. The van der Waals surface area contributed by atoms with Gasteiger partial charge in [0.05, 0.1) is 12.9 Å². The molecule has 2 aromatic rings. The van der Waals surface area contributed by atoms with Crippen molar-refractivity contribution in [2.45, 2.75) is 13.8 Å². The van der Waals surface area contributed by atoms with E-state index in [0.29, 0.717) is 31.4 Å². The number of hydrogen-bond acceptors (Lipinski definition) is 6. The summed E-state index contributed by atoms with van der Waals surface area (Å²) in [5, 5.41) is 6.30. The summed E-state index contributed by atoms with van der Waals surface area (Å²) in [6, 6.07) is 0. The van der Waals surface area contributed by atoms with Crippen LogP contribution in [0.2, 0.25) is 0 Å². The maximum absolute atomic E-state index is 5.28. The first kappa shape index (κ1) is 12.6. The van der Waals surface area contributed by atoms with Crippen LogP contribution in [0.25, 0.3) is 11.2 Å². The van der Waals surface area contributed by atoms with Crippen molar-refractivity contribution in [1.82, 2.24) is 19.9 Å². The van der Waals surface area contributed by atoms with Crippen LogP contribution in [0.3, 0.4) is 0 Å². The minimum atomic E-state index is 0.580. The van der Waals surface area contributed by atoms with E-state index >= 15 is 0 Å². The number of hydrogen-bond donors (Lipinski definition) is 3. The van der Waals surface area contributed by atoms with Crippen molar-refractivity contribution in [2.24, 2.45) is 0 Å². The van der Waals surface area contributed by atoms with E-state index < -0.39 is 0 Å². The molecule has 0 fully saturated rings. The SMILES string of the molecule is CCNc1nc(NCCOCC)c2[nH]cnc2n1. The number of aromatic amines is 1. The van der Waals surface area contributed by atoms with Crippen molar-refractivity contribution in [1.29, 1.82) is 0 Å². The highest BCUT2D eigenvalue weighted by Gasteiger charge is 2.08. The summed E-state index contributed by atoms with van der Waals surface area (Å²) < 4.78 is 5.28. The lowest BCUT2D eigenvalue weighted by Gasteiger charge is -2.08. The minimum absolute atomic E-state index is 0.580. The topological polar surface area (TPSA) is 87.8 Å². The third-order valence-electron chi connectivity index (χ3n) is 2.36. The van der Waals surface area contributed by atoms with Gasteiger partial charge in [-0.1, -0.05) is 0 Å². The average Bonchev–Trinajstić information content (AvgIpc) is 2.83. The summed E-state index contributed by atoms with van der Waals surface area (Å²) in [5.74, 6) is 1.32. The van der Waals surface area contributed by atoms with Crippen molar-refractivity contribution in [2.75, 3.05) is 36.9 Å². The molecule has 0 atom stereocenters. The van der Waals surface area contributed by atoms with E-state index in [1.165, 1.54) is 0 Å². The molecule has 18 heavy (non-hydrogen) atoms. The Morgan fingerprint density at radius 3 is 2.94 bits per heavy atom. The summed E-state index contributed by atoms with van der Waals surface area (Å²) in [6.45, 7) is 6.81. The van der Waals surface area contributed by atoms with E-state index in [-0.39, 0.29) is 0 Å². The van der Waals surface area contributed by atoms with Crippen LogP contribution in [0.1, 0.15) is 13.8 Å². The van der Waals surface area contributed by atoms with Gasteiger partial charge in [0.2, 0.25) is 5.95 Å². The van der Waals surface area contributed by atoms with Crippen molar-refractivity contribution in [3.8, 4) is 0 Å². The minimum Gasteiger partial charge on any atom is -0.380 e. The standard InChI is InChI=1S/C11H18N6O/c1-3-12-11-16-9(13-5-6-18-4-2)8-10(17-11)15-7-14-8/h7H,3-6H2,1-2H3,(H3,12,13,14,15,16,17). The molecule has 0 aliphatic rings. The Balaban J connectivity index is 2.15. The van der Waals surface area contributed by atoms with Crippen molar-refractivity contribution < 1.29 is 4.74 Å². The summed E-state index contributed by atoms with van der Waals surface area (Å²) in [7, 11) is 0. The molecule has 7 nitrogen and oxygen atoms in total. The van der Waals surface area contributed by atoms with Gasteiger partial charge in [-0.15, -0.1) is 0 Å². The van der Waals surface area contributed by atoms with Gasteiger partial charge in [-0.3, -0.25) is 0 Å². The first-order valence-electron chi connectivity index (χ1n) is 6.11. The van der Waals surface area contributed by atoms with Crippen LogP contribution < -0.4 is 10.6 Å². The molecule has 0 spiro atoms. The average molecular weight is 250 g/mol. The Morgan fingerprint density at radius 1 is 1.28 bits per heavy atom. The quantitative estimate of drug-likeness (QED) is 0.641. The normalized spacial score (nSPS) is 10.8. The number of nitrogens with one attached hydrogen (secondary N) is 3. The number of nitrogens with zero attached hydrogens (tertiary/aromatic N) is 3. The van der Waals surface area contributed by atoms with Crippen LogP contribution in [-0.4, -0.2) is 46.2 Å². The van der Waals surface area contributed by atoms with Gasteiger partial charge in [0, 0.05) is 19.7 Å². The van der Waals surface area contributed by atoms with Crippen molar-refractivity contribution >= 4 is 22.9 Å². The van der Waals surface area contributed by atoms with E-state index in [1.54, 1.807) is 6.33 Å². The van der Waals surface area contributed by atoms with Gasteiger partial charge in [0.25, 0.3) is 0 Å². The van der Waals surface area contributed by atoms with Gasteiger partial charge in [-0.05, 0) is 13.8 Å². The zero-order valence-corrected chi connectivity index (χ0v) is 10.7. The Morgan fingerprint density at radius 2 is 2.17 bits per heavy atom. The van der Waals surface area contributed by atoms with Gasteiger partial charge in [0.15, 0.2) is 11.5 Å². The second-order valence-electron chi connectivity index (χ2n) is 3.65. The highest BCUT2D eigenvalue weighted by Crippen LogP contribution is 2.18. The number of aromatic nitrogens is 4. The van der Waals surface area contributed by atoms with Crippen LogP contribution in [-0.2, 0) is 4.74 Å². The molecular weight excluding hydrogens is 232 g/mol. The molecule has 0 amide bonds. The highest BCUT2D eigenvalue weighted by atomic mass is 16.5. The van der Waals surface area contributed by atoms with E-state index in [4.69, 9.17) is 4.74 Å². The second kappa shape index (κ2) is 6.15. The molecule has 7 heteroatoms. The Hall–Kier alpha value is -1.89. The molecule has 0 saturated heterocycles. The molecule has 0 bridgehead atoms. The molecule has 0 aliphatic carbocycles. The zero-order chi connectivity index (χ0) is 12.8. The first-order valence-corrected chi connectivity index (χ1v) is 6.11. The van der Waals surface area contributed by atoms with E-state index in [2.05, 4.69) is 30.6 Å². The van der Waals surface area contributed by atoms with Crippen LogP contribution in [0, 0.1) is 0 Å². The maximum atomic E-state index is 5.28. The van der Waals surface area contributed by atoms with Gasteiger partial charge < -0.3 is 20.4 Å². The van der Waals surface area contributed by atoms with Gasteiger partial charge >= 0.3 is 0 Å². The number of H-pyrrole nitrogens is 1. The second-order valence-corrected chi connectivity index (χ2v) is 3.65.